The summed E-state index contributed by atoms with van der Waals surface area (Å²) in [6.07, 6.45) is 4.44. The molecule has 140 valence electrons. The molecule has 3 nitrogen and oxygen atoms in total. The van der Waals surface area contributed by atoms with Crippen molar-refractivity contribution in [3.63, 3.8) is 0 Å². The van der Waals surface area contributed by atoms with Gasteiger partial charge in [-0.3, -0.25) is 4.90 Å². The first kappa shape index (κ1) is 16.3. The standard InChI is InChI=1S/C23H25NO2S/c25-27(26)15-21(24-12-6-1-7-13-24)23(27)14-20-16-8-2-4-10-18(16)22(23)19-11-5-3-9-17(19)20/h2-5,8-11,20-22H,1,6-7,12-15H2/t20?,21-,22?,23+/m0/s1. The number of benzene rings is 2. The molecular formula is C23H25NO2S. The van der Waals surface area contributed by atoms with Gasteiger partial charge in [-0.05, 0) is 54.6 Å². The lowest BCUT2D eigenvalue weighted by Gasteiger charge is -2.63. The van der Waals surface area contributed by atoms with Crippen molar-refractivity contribution in [2.45, 2.75) is 48.3 Å². The molecule has 1 spiro atoms. The van der Waals surface area contributed by atoms with E-state index in [0.29, 0.717) is 5.75 Å². The van der Waals surface area contributed by atoms with E-state index in [1.54, 1.807) is 0 Å². The molecule has 0 saturated carbocycles. The van der Waals surface area contributed by atoms with Crippen LogP contribution in [-0.4, -0.2) is 42.9 Å². The normalized spacial score (nSPS) is 36.1. The highest BCUT2D eigenvalue weighted by molar-refractivity contribution is 7.94. The van der Waals surface area contributed by atoms with Crippen molar-refractivity contribution in [2.24, 2.45) is 0 Å². The molecule has 5 aliphatic rings. The molecule has 7 rings (SSSR count). The number of sulfone groups is 1. The largest absolute Gasteiger partial charge is 0.298 e. The third-order valence-electron chi connectivity index (χ3n) is 7.73. The first-order chi connectivity index (χ1) is 13.1. The Morgan fingerprint density at radius 3 is 1.93 bits per heavy atom. The zero-order chi connectivity index (χ0) is 18.2. The van der Waals surface area contributed by atoms with Crippen LogP contribution >= 0.6 is 0 Å². The maximum absolute atomic E-state index is 13.4. The smallest absolute Gasteiger partial charge is 0.160 e. The van der Waals surface area contributed by atoms with Crippen LogP contribution in [0.5, 0.6) is 0 Å². The first-order valence-corrected chi connectivity index (χ1v) is 11.9. The van der Waals surface area contributed by atoms with Crippen LogP contribution in [0.4, 0.5) is 0 Å². The van der Waals surface area contributed by atoms with E-state index in [4.69, 9.17) is 0 Å². The summed E-state index contributed by atoms with van der Waals surface area (Å²) in [4.78, 5) is 2.51. The number of likely N-dealkylation sites (tertiary alicyclic amines) is 1. The molecule has 0 aromatic heterocycles. The zero-order valence-electron chi connectivity index (χ0n) is 15.5. The first-order valence-electron chi connectivity index (χ1n) is 10.3. The maximum atomic E-state index is 13.4. The lowest BCUT2D eigenvalue weighted by molar-refractivity contribution is 0.102. The van der Waals surface area contributed by atoms with Gasteiger partial charge in [0.05, 0.1) is 5.75 Å². The summed E-state index contributed by atoms with van der Waals surface area (Å²) in [5.74, 6) is 0.547. The van der Waals surface area contributed by atoms with Crippen LogP contribution in [-0.2, 0) is 9.84 Å². The van der Waals surface area contributed by atoms with Crippen LogP contribution in [0.1, 0.15) is 59.8 Å². The van der Waals surface area contributed by atoms with Crippen LogP contribution in [0.15, 0.2) is 48.5 Å². The summed E-state index contributed by atoms with van der Waals surface area (Å²) in [5.41, 5.74) is 5.23. The highest BCUT2D eigenvalue weighted by atomic mass is 32.2. The van der Waals surface area contributed by atoms with E-state index >= 15 is 0 Å². The van der Waals surface area contributed by atoms with Gasteiger partial charge in [0, 0.05) is 17.9 Å². The molecule has 3 aliphatic carbocycles. The van der Waals surface area contributed by atoms with E-state index in [9.17, 15) is 8.42 Å². The van der Waals surface area contributed by atoms with Gasteiger partial charge < -0.3 is 0 Å². The zero-order valence-corrected chi connectivity index (χ0v) is 16.3. The second kappa shape index (κ2) is 5.45. The van der Waals surface area contributed by atoms with Crippen LogP contribution in [0, 0.1) is 0 Å². The van der Waals surface area contributed by atoms with E-state index in [0.717, 1.165) is 19.5 Å². The van der Waals surface area contributed by atoms with Gasteiger partial charge in [-0.1, -0.05) is 55.0 Å². The molecule has 2 bridgehead atoms. The predicted molar refractivity (Wildman–Crippen MR) is 107 cm³/mol. The van der Waals surface area contributed by atoms with Crippen molar-refractivity contribution < 1.29 is 8.42 Å². The fraction of sp³-hybridized carbons (Fsp3) is 0.478. The van der Waals surface area contributed by atoms with E-state index < -0.39 is 14.6 Å². The van der Waals surface area contributed by atoms with Crippen molar-refractivity contribution in [3.05, 3.63) is 70.8 Å². The molecule has 2 fully saturated rings. The molecule has 4 heteroatoms. The molecule has 0 amide bonds. The van der Waals surface area contributed by atoms with Gasteiger partial charge in [0.15, 0.2) is 9.84 Å². The number of piperidine rings is 1. The van der Waals surface area contributed by atoms with Gasteiger partial charge in [-0.15, -0.1) is 0 Å². The summed E-state index contributed by atoms with van der Waals surface area (Å²) < 4.78 is 26.2. The van der Waals surface area contributed by atoms with E-state index in [1.807, 2.05) is 0 Å². The SMILES string of the molecule is O=S1(=O)C[C@H](N2CCCCC2)[C@@]12CC1c3ccccc3C2c2ccccc21. The van der Waals surface area contributed by atoms with Crippen LogP contribution in [0.2, 0.25) is 0 Å². The van der Waals surface area contributed by atoms with Gasteiger partial charge in [-0.2, -0.15) is 0 Å². The van der Waals surface area contributed by atoms with Gasteiger partial charge in [-0.25, -0.2) is 8.42 Å². The van der Waals surface area contributed by atoms with Gasteiger partial charge in [0.1, 0.15) is 4.75 Å². The van der Waals surface area contributed by atoms with E-state index in [-0.39, 0.29) is 17.9 Å². The Hall–Kier alpha value is -1.65. The Labute approximate surface area is 161 Å². The molecule has 2 atom stereocenters. The lowest BCUT2D eigenvalue weighted by Crippen LogP contribution is -2.74. The fourth-order valence-corrected chi connectivity index (χ4v) is 9.21. The Morgan fingerprint density at radius 2 is 1.37 bits per heavy atom. The Kier molecular flexibility index (Phi) is 3.29. The van der Waals surface area contributed by atoms with Crippen LogP contribution in [0.3, 0.4) is 0 Å². The monoisotopic (exact) mass is 379 g/mol. The minimum Gasteiger partial charge on any atom is -0.298 e. The van der Waals surface area contributed by atoms with Crippen LogP contribution < -0.4 is 0 Å². The quantitative estimate of drug-likeness (QED) is 0.758. The van der Waals surface area contributed by atoms with Crippen molar-refractivity contribution >= 4 is 9.84 Å². The molecule has 2 saturated heterocycles. The molecule has 2 aromatic rings. The minimum atomic E-state index is -3.10. The summed E-state index contributed by atoms with van der Waals surface area (Å²) in [6, 6.07) is 17.4. The average Bonchev–Trinajstić information content (AvgIpc) is 2.72. The summed E-state index contributed by atoms with van der Waals surface area (Å²) in [6.45, 7) is 2.12. The molecule has 27 heavy (non-hydrogen) atoms. The van der Waals surface area contributed by atoms with E-state index in [1.165, 1.54) is 41.5 Å². The number of hydrogen-bond donors (Lipinski definition) is 0. The molecule has 0 radical (unpaired) electrons. The van der Waals surface area contributed by atoms with E-state index in [2.05, 4.69) is 53.4 Å². The summed E-state index contributed by atoms with van der Waals surface area (Å²) >= 11 is 0. The summed E-state index contributed by atoms with van der Waals surface area (Å²) in [7, 11) is -3.10. The Bertz CT molecular complexity index is 977. The third-order valence-corrected chi connectivity index (χ3v) is 10.3. The Morgan fingerprint density at radius 1 is 0.815 bits per heavy atom. The highest BCUT2D eigenvalue weighted by Crippen LogP contribution is 2.64. The lowest BCUT2D eigenvalue weighted by atomic mass is 9.56. The molecule has 0 N–H and O–H groups in total. The molecule has 0 unspecified atom stereocenters. The van der Waals surface area contributed by atoms with Crippen molar-refractivity contribution in [2.75, 3.05) is 18.8 Å². The fourth-order valence-electron chi connectivity index (χ4n) is 6.59. The predicted octanol–water partition coefficient (Wildman–Crippen LogP) is 3.69. The molecule has 2 heterocycles. The molecular weight excluding hydrogens is 354 g/mol. The van der Waals surface area contributed by atoms with Crippen molar-refractivity contribution in [1.29, 1.82) is 0 Å². The minimum absolute atomic E-state index is 0.0134. The Balaban J connectivity index is 1.58. The molecule has 2 aromatic carbocycles. The average molecular weight is 380 g/mol. The number of hydrogen-bond acceptors (Lipinski definition) is 3. The van der Waals surface area contributed by atoms with Crippen molar-refractivity contribution in [1.82, 2.24) is 4.90 Å². The highest BCUT2D eigenvalue weighted by Gasteiger charge is 2.70. The maximum Gasteiger partial charge on any atom is 0.160 e. The third kappa shape index (κ3) is 1.93. The topological polar surface area (TPSA) is 37.4 Å². The number of rotatable bonds is 1. The van der Waals surface area contributed by atoms with Crippen LogP contribution in [0.25, 0.3) is 0 Å². The summed E-state index contributed by atoms with van der Waals surface area (Å²) in [5, 5.41) is 0. The van der Waals surface area contributed by atoms with Gasteiger partial charge in [0.25, 0.3) is 0 Å². The van der Waals surface area contributed by atoms with Gasteiger partial charge >= 0.3 is 0 Å². The second-order valence-electron chi connectivity index (χ2n) is 8.80. The van der Waals surface area contributed by atoms with Gasteiger partial charge in [0.2, 0.25) is 0 Å². The van der Waals surface area contributed by atoms with Crippen molar-refractivity contribution in [3.8, 4) is 0 Å². The molecule has 2 aliphatic heterocycles. The number of nitrogens with zero attached hydrogens (tertiary/aromatic N) is 1. The second-order valence-corrected chi connectivity index (χ2v) is 11.1.